The molecule has 0 spiro atoms. The Balaban J connectivity index is 1.93. The molecule has 2 aromatic heterocycles. The first-order chi connectivity index (χ1) is 15.1. The Labute approximate surface area is 182 Å². The Bertz CT molecular complexity index is 1140. The summed E-state index contributed by atoms with van der Waals surface area (Å²) in [5.41, 5.74) is 0.0679. The Kier molecular flexibility index (Phi) is 6.61. The molecule has 32 heavy (non-hydrogen) atoms. The van der Waals surface area contributed by atoms with Crippen LogP contribution in [0.2, 0.25) is 0 Å². The highest BCUT2D eigenvalue weighted by atomic mass is 19.4. The van der Waals surface area contributed by atoms with Crippen molar-refractivity contribution in [3.63, 3.8) is 0 Å². The average Bonchev–Trinajstić information content (AvgIpc) is 3.15. The summed E-state index contributed by atoms with van der Waals surface area (Å²) in [5, 5.41) is 6.50. The van der Waals surface area contributed by atoms with Crippen LogP contribution < -0.4 is 5.32 Å². The minimum Gasteiger partial charge on any atom is -0.334 e. The smallest absolute Gasteiger partial charge is 0.334 e. The van der Waals surface area contributed by atoms with Gasteiger partial charge >= 0.3 is 6.18 Å². The molecule has 2 heterocycles. The molecule has 0 aliphatic carbocycles. The number of alkyl halides is 3. The van der Waals surface area contributed by atoms with Crippen molar-refractivity contribution >= 4 is 17.5 Å². The number of aromatic nitrogens is 3. The fraction of sp³-hybridized carbons (Fsp3) is 0.273. The largest absolute Gasteiger partial charge is 0.416 e. The summed E-state index contributed by atoms with van der Waals surface area (Å²) in [5.74, 6) is -1.20. The molecular formula is C22H22F3N5O2. The molecule has 0 atom stereocenters. The highest BCUT2D eigenvalue weighted by molar-refractivity contribution is 6.05. The van der Waals surface area contributed by atoms with E-state index in [0.717, 1.165) is 17.7 Å². The van der Waals surface area contributed by atoms with Crippen LogP contribution in [0.5, 0.6) is 0 Å². The average molecular weight is 445 g/mol. The van der Waals surface area contributed by atoms with Crippen LogP contribution in [0.3, 0.4) is 0 Å². The molecule has 1 N–H and O–H groups in total. The van der Waals surface area contributed by atoms with Gasteiger partial charge in [-0.1, -0.05) is 0 Å². The van der Waals surface area contributed by atoms with E-state index in [-0.39, 0.29) is 29.9 Å². The topological polar surface area (TPSA) is 80.1 Å². The summed E-state index contributed by atoms with van der Waals surface area (Å²) < 4.78 is 42.1. The van der Waals surface area contributed by atoms with Crippen LogP contribution in [0.25, 0.3) is 0 Å². The molecule has 2 amide bonds. The second-order valence-electron chi connectivity index (χ2n) is 7.23. The van der Waals surface area contributed by atoms with Gasteiger partial charge < -0.3 is 10.2 Å². The Morgan fingerprint density at radius 2 is 1.97 bits per heavy atom. The monoisotopic (exact) mass is 445 g/mol. The molecule has 3 rings (SSSR count). The lowest BCUT2D eigenvalue weighted by Gasteiger charge is -2.21. The van der Waals surface area contributed by atoms with Crippen LogP contribution >= 0.6 is 0 Å². The molecule has 0 unspecified atom stereocenters. The number of anilines is 1. The van der Waals surface area contributed by atoms with E-state index >= 15 is 0 Å². The van der Waals surface area contributed by atoms with Gasteiger partial charge in [0.1, 0.15) is 0 Å². The SMILES string of the molecule is CCN(Cc1cnn(C)c1)C(=O)c1cc(NC(=O)c2cccnc2C)cc(C(F)(F)F)c1. The first kappa shape index (κ1) is 23.0. The lowest BCUT2D eigenvalue weighted by atomic mass is 10.1. The zero-order valence-electron chi connectivity index (χ0n) is 17.8. The molecule has 0 aliphatic heterocycles. The van der Waals surface area contributed by atoms with E-state index in [1.54, 1.807) is 44.0 Å². The number of rotatable bonds is 6. The van der Waals surface area contributed by atoms with Gasteiger partial charge in [0.2, 0.25) is 0 Å². The molecule has 0 aliphatic rings. The van der Waals surface area contributed by atoms with Gasteiger partial charge in [-0.25, -0.2) is 0 Å². The lowest BCUT2D eigenvalue weighted by molar-refractivity contribution is -0.137. The standard InChI is InChI=1S/C22H22F3N5O2/c1-4-30(13-15-11-27-29(3)12-15)21(32)16-8-17(22(23,24)25)10-18(9-16)28-20(31)19-6-5-7-26-14(19)2/h5-12H,4,13H2,1-3H3,(H,28,31). The number of pyridine rings is 1. The number of hydrogen-bond acceptors (Lipinski definition) is 4. The highest BCUT2D eigenvalue weighted by Crippen LogP contribution is 2.32. The summed E-state index contributed by atoms with van der Waals surface area (Å²) in [6.45, 7) is 3.82. The van der Waals surface area contributed by atoms with Gasteiger partial charge in [0.15, 0.2) is 0 Å². The van der Waals surface area contributed by atoms with E-state index < -0.39 is 23.6 Å². The second kappa shape index (κ2) is 9.21. The summed E-state index contributed by atoms with van der Waals surface area (Å²) in [7, 11) is 1.73. The fourth-order valence-corrected chi connectivity index (χ4v) is 3.19. The van der Waals surface area contributed by atoms with Gasteiger partial charge in [0, 0.05) is 55.0 Å². The van der Waals surface area contributed by atoms with Crippen LogP contribution in [0.4, 0.5) is 18.9 Å². The van der Waals surface area contributed by atoms with Crippen molar-refractivity contribution in [3.8, 4) is 0 Å². The minimum absolute atomic E-state index is 0.131. The van der Waals surface area contributed by atoms with Crippen molar-refractivity contribution in [3.05, 3.63) is 76.9 Å². The van der Waals surface area contributed by atoms with Crippen LogP contribution in [0.15, 0.2) is 48.9 Å². The Hall–Kier alpha value is -3.69. The zero-order chi connectivity index (χ0) is 23.5. The van der Waals surface area contributed by atoms with Gasteiger partial charge in [-0.3, -0.25) is 19.3 Å². The molecule has 10 heteroatoms. The quantitative estimate of drug-likeness (QED) is 0.621. The summed E-state index contributed by atoms with van der Waals surface area (Å²) in [6, 6.07) is 5.91. The zero-order valence-corrected chi connectivity index (χ0v) is 17.8. The van der Waals surface area contributed by atoms with E-state index in [9.17, 15) is 22.8 Å². The first-order valence-electron chi connectivity index (χ1n) is 9.80. The normalized spacial score (nSPS) is 11.3. The molecule has 0 radical (unpaired) electrons. The van der Waals surface area contributed by atoms with Gasteiger partial charge in [-0.2, -0.15) is 18.3 Å². The van der Waals surface area contributed by atoms with Crippen LogP contribution in [0.1, 0.15) is 44.5 Å². The van der Waals surface area contributed by atoms with Crippen LogP contribution in [-0.4, -0.2) is 38.0 Å². The lowest BCUT2D eigenvalue weighted by Crippen LogP contribution is -2.30. The number of amides is 2. The van der Waals surface area contributed by atoms with E-state index in [1.165, 1.54) is 23.2 Å². The number of nitrogens with zero attached hydrogens (tertiary/aromatic N) is 4. The van der Waals surface area contributed by atoms with Gasteiger partial charge in [-0.15, -0.1) is 0 Å². The fourth-order valence-electron chi connectivity index (χ4n) is 3.19. The van der Waals surface area contributed by atoms with Crippen molar-refractivity contribution in [2.75, 3.05) is 11.9 Å². The number of hydrogen-bond donors (Lipinski definition) is 1. The van der Waals surface area contributed by atoms with Crippen molar-refractivity contribution in [2.45, 2.75) is 26.6 Å². The third-order valence-corrected chi connectivity index (χ3v) is 4.82. The minimum atomic E-state index is -4.69. The molecule has 0 saturated carbocycles. The maximum atomic E-state index is 13.5. The van der Waals surface area contributed by atoms with E-state index in [1.807, 2.05) is 0 Å². The Morgan fingerprint density at radius 1 is 1.22 bits per heavy atom. The molecule has 7 nitrogen and oxygen atoms in total. The maximum absolute atomic E-state index is 13.5. The molecule has 1 aromatic carbocycles. The molecule has 0 bridgehead atoms. The number of aryl methyl sites for hydroxylation is 2. The number of benzene rings is 1. The second-order valence-corrected chi connectivity index (χ2v) is 7.23. The van der Waals surface area contributed by atoms with Crippen LogP contribution in [-0.2, 0) is 19.8 Å². The molecular weight excluding hydrogens is 423 g/mol. The van der Waals surface area contributed by atoms with Gasteiger partial charge in [-0.05, 0) is 44.2 Å². The predicted molar refractivity (Wildman–Crippen MR) is 112 cm³/mol. The number of nitrogens with one attached hydrogen (secondary N) is 1. The van der Waals surface area contributed by atoms with E-state index in [2.05, 4.69) is 15.4 Å². The predicted octanol–water partition coefficient (Wildman–Crippen LogP) is 4.06. The van der Waals surface area contributed by atoms with Crippen LogP contribution in [0, 0.1) is 6.92 Å². The molecule has 0 fully saturated rings. The molecule has 168 valence electrons. The van der Waals surface area contributed by atoms with Crippen molar-refractivity contribution < 1.29 is 22.8 Å². The molecule has 0 saturated heterocycles. The first-order valence-corrected chi connectivity index (χ1v) is 9.80. The molecule has 3 aromatic rings. The maximum Gasteiger partial charge on any atom is 0.416 e. The van der Waals surface area contributed by atoms with Crippen molar-refractivity contribution in [2.24, 2.45) is 7.05 Å². The van der Waals surface area contributed by atoms with Gasteiger partial charge in [0.05, 0.1) is 17.3 Å². The number of halogens is 3. The summed E-state index contributed by atoms with van der Waals surface area (Å²) in [4.78, 5) is 31.0. The Morgan fingerprint density at radius 3 is 2.56 bits per heavy atom. The number of carbonyl (C=O) groups excluding carboxylic acids is 2. The van der Waals surface area contributed by atoms with Crippen molar-refractivity contribution in [1.29, 1.82) is 0 Å². The van der Waals surface area contributed by atoms with Gasteiger partial charge in [0.25, 0.3) is 11.8 Å². The van der Waals surface area contributed by atoms with E-state index in [0.29, 0.717) is 5.69 Å². The highest BCUT2D eigenvalue weighted by Gasteiger charge is 2.32. The van der Waals surface area contributed by atoms with Crippen molar-refractivity contribution in [1.82, 2.24) is 19.7 Å². The summed E-state index contributed by atoms with van der Waals surface area (Å²) >= 11 is 0. The summed E-state index contributed by atoms with van der Waals surface area (Å²) in [6.07, 6.45) is 0.128. The van der Waals surface area contributed by atoms with E-state index in [4.69, 9.17) is 0 Å². The third-order valence-electron chi connectivity index (χ3n) is 4.82. The third kappa shape index (κ3) is 5.32. The number of carbonyl (C=O) groups is 2.